The van der Waals surface area contributed by atoms with Crippen LogP contribution in [-0.2, 0) is 14.8 Å². The van der Waals surface area contributed by atoms with Crippen LogP contribution in [0.25, 0.3) is 11.5 Å². The number of anilines is 1. The molecular weight excluding hydrogens is 491 g/mol. The fourth-order valence-electron chi connectivity index (χ4n) is 3.91. The van der Waals surface area contributed by atoms with Gasteiger partial charge in [0.2, 0.25) is 21.8 Å². The number of carbonyl (C=O) groups is 1. The van der Waals surface area contributed by atoms with Gasteiger partial charge in [0.05, 0.1) is 24.0 Å². The van der Waals surface area contributed by atoms with Crippen molar-refractivity contribution in [1.29, 1.82) is 0 Å². The Labute approximate surface area is 208 Å². The number of carbonyl (C=O) groups excluding carboxylic acids is 1. The third-order valence-corrected chi connectivity index (χ3v) is 7.53. The third-order valence-electron chi connectivity index (χ3n) is 5.65. The molecule has 1 fully saturated rings. The quantitative estimate of drug-likeness (QED) is 0.455. The predicted molar refractivity (Wildman–Crippen MR) is 129 cm³/mol. The highest BCUT2D eigenvalue weighted by Crippen LogP contribution is 2.33. The van der Waals surface area contributed by atoms with Gasteiger partial charge in [-0.15, -0.1) is 5.10 Å². The topological polar surface area (TPSA) is 124 Å². The van der Waals surface area contributed by atoms with Crippen LogP contribution in [0.4, 0.5) is 10.4 Å². The zero-order chi connectivity index (χ0) is 25.7. The largest absolute Gasteiger partial charge is 0.490 e. The van der Waals surface area contributed by atoms with Crippen molar-refractivity contribution in [3.8, 4) is 23.0 Å². The molecule has 4 rings (SSSR count). The van der Waals surface area contributed by atoms with E-state index in [0.717, 1.165) is 12.1 Å². The van der Waals surface area contributed by atoms with E-state index in [4.69, 9.17) is 13.9 Å². The van der Waals surface area contributed by atoms with Gasteiger partial charge in [0.15, 0.2) is 11.5 Å². The average molecular weight is 519 g/mol. The van der Waals surface area contributed by atoms with Crippen molar-refractivity contribution in [3.05, 3.63) is 48.3 Å². The molecule has 0 aliphatic carbocycles. The lowest BCUT2D eigenvalue weighted by Crippen LogP contribution is -2.43. The molecule has 3 aromatic rings. The Bertz CT molecular complexity index is 1310. The average Bonchev–Trinajstić information content (AvgIpc) is 3.34. The molecule has 0 bridgehead atoms. The Hall–Kier alpha value is -3.51. The van der Waals surface area contributed by atoms with E-state index in [1.54, 1.807) is 18.2 Å². The highest BCUT2D eigenvalue weighted by molar-refractivity contribution is 7.89. The van der Waals surface area contributed by atoms with E-state index in [2.05, 4.69) is 15.5 Å². The van der Waals surface area contributed by atoms with Gasteiger partial charge in [-0.3, -0.25) is 10.1 Å². The molecule has 36 heavy (non-hydrogen) atoms. The van der Waals surface area contributed by atoms with Gasteiger partial charge in [-0.05, 0) is 69.2 Å². The lowest BCUT2D eigenvalue weighted by molar-refractivity contribution is -0.121. The number of nitrogens with zero attached hydrogens (tertiary/aromatic N) is 3. The molecule has 0 saturated carbocycles. The zero-order valence-corrected chi connectivity index (χ0v) is 20.8. The van der Waals surface area contributed by atoms with Crippen molar-refractivity contribution in [1.82, 2.24) is 14.5 Å². The summed E-state index contributed by atoms with van der Waals surface area (Å²) in [4.78, 5) is 12.9. The Balaban J connectivity index is 1.44. The minimum absolute atomic E-state index is 0.0108. The number of hydrogen-bond acceptors (Lipinski definition) is 8. The molecule has 2 heterocycles. The van der Waals surface area contributed by atoms with E-state index >= 15 is 0 Å². The molecule has 2 aromatic carbocycles. The molecule has 1 amide bonds. The first-order valence-corrected chi connectivity index (χ1v) is 13.1. The Morgan fingerprint density at radius 2 is 1.83 bits per heavy atom. The zero-order valence-electron chi connectivity index (χ0n) is 19.9. The Kier molecular flexibility index (Phi) is 7.85. The highest BCUT2D eigenvalue weighted by Gasteiger charge is 2.34. The van der Waals surface area contributed by atoms with Crippen molar-refractivity contribution < 1.29 is 31.5 Å². The summed E-state index contributed by atoms with van der Waals surface area (Å²) < 4.78 is 57.1. The van der Waals surface area contributed by atoms with Gasteiger partial charge in [-0.1, -0.05) is 5.10 Å². The first-order chi connectivity index (χ1) is 17.3. The van der Waals surface area contributed by atoms with E-state index in [0.29, 0.717) is 43.1 Å². The number of ether oxygens (including phenoxy) is 2. The molecule has 1 aromatic heterocycles. The minimum Gasteiger partial charge on any atom is -0.490 e. The minimum atomic E-state index is -3.85. The van der Waals surface area contributed by atoms with Crippen LogP contribution in [0.2, 0.25) is 0 Å². The number of halogens is 1. The van der Waals surface area contributed by atoms with E-state index < -0.39 is 27.7 Å². The molecule has 1 saturated heterocycles. The summed E-state index contributed by atoms with van der Waals surface area (Å²) in [6.07, 6.45) is 0.999. The SMILES string of the molecule is CCOc1ccc(-c2nnc(NC(=O)C3CCCN(S(=O)(=O)c4ccc(F)cc4)C3)o2)cc1OCC. The molecule has 1 unspecified atom stereocenters. The molecule has 1 aliphatic heterocycles. The number of amides is 1. The predicted octanol–water partition coefficient (Wildman–Crippen LogP) is 3.71. The highest BCUT2D eigenvalue weighted by atomic mass is 32.2. The van der Waals surface area contributed by atoms with Crippen molar-refractivity contribution in [2.45, 2.75) is 31.6 Å². The second-order valence-electron chi connectivity index (χ2n) is 8.09. The summed E-state index contributed by atoms with van der Waals surface area (Å²) in [5.74, 6) is -0.259. The van der Waals surface area contributed by atoms with Crippen molar-refractivity contribution in [2.75, 3.05) is 31.6 Å². The normalized spacial score (nSPS) is 16.5. The summed E-state index contributed by atoms with van der Waals surface area (Å²) in [6.45, 7) is 4.93. The monoisotopic (exact) mass is 518 g/mol. The summed E-state index contributed by atoms with van der Waals surface area (Å²) in [5.41, 5.74) is 0.587. The number of aromatic nitrogens is 2. The first-order valence-electron chi connectivity index (χ1n) is 11.6. The van der Waals surface area contributed by atoms with Crippen molar-refractivity contribution >= 4 is 21.9 Å². The third kappa shape index (κ3) is 5.65. The van der Waals surface area contributed by atoms with Gasteiger partial charge in [0.25, 0.3) is 0 Å². The van der Waals surface area contributed by atoms with Crippen LogP contribution in [0.3, 0.4) is 0 Å². The van der Waals surface area contributed by atoms with Gasteiger partial charge < -0.3 is 13.9 Å². The Morgan fingerprint density at radius 1 is 1.11 bits per heavy atom. The van der Waals surface area contributed by atoms with E-state index in [9.17, 15) is 17.6 Å². The van der Waals surface area contributed by atoms with Crippen LogP contribution >= 0.6 is 0 Å². The first kappa shape index (κ1) is 25.6. The molecule has 12 heteroatoms. The molecule has 1 aliphatic rings. The van der Waals surface area contributed by atoms with E-state index in [1.807, 2.05) is 13.8 Å². The van der Waals surface area contributed by atoms with Crippen LogP contribution in [0.1, 0.15) is 26.7 Å². The summed E-state index contributed by atoms with van der Waals surface area (Å²) in [5, 5.41) is 10.5. The number of rotatable bonds is 9. The summed E-state index contributed by atoms with van der Waals surface area (Å²) in [7, 11) is -3.85. The molecule has 0 radical (unpaired) electrons. The molecule has 10 nitrogen and oxygen atoms in total. The number of piperidine rings is 1. The number of hydrogen-bond donors (Lipinski definition) is 1. The Morgan fingerprint density at radius 3 is 2.56 bits per heavy atom. The molecule has 1 N–H and O–H groups in total. The van der Waals surface area contributed by atoms with Crippen LogP contribution < -0.4 is 14.8 Å². The second kappa shape index (κ2) is 11.0. The number of benzene rings is 2. The van der Waals surface area contributed by atoms with Gasteiger partial charge >= 0.3 is 6.01 Å². The molecule has 1 atom stereocenters. The van der Waals surface area contributed by atoms with E-state index in [-0.39, 0.29) is 29.9 Å². The number of sulfonamides is 1. The maximum Gasteiger partial charge on any atom is 0.322 e. The second-order valence-corrected chi connectivity index (χ2v) is 10.0. The standard InChI is InChI=1S/C24H27FN4O6S/c1-3-33-20-12-7-16(14-21(20)34-4-2)23-27-28-24(35-23)26-22(30)17-6-5-13-29(15-17)36(31,32)19-10-8-18(25)9-11-19/h7-12,14,17H,3-6,13,15H2,1-2H3,(H,26,28,30). The summed E-state index contributed by atoms with van der Waals surface area (Å²) in [6, 6.07) is 9.72. The van der Waals surface area contributed by atoms with Gasteiger partial charge in [0.1, 0.15) is 5.82 Å². The van der Waals surface area contributed by atoms with Gasteiger partial charge in [-0.2, -0.15) is 4.31 Å². The maximum absolute atomic E-state index is 13.2. The van der Waals surface area contributed by atoms with Crippen molar-refractivity contribution in [3.63, 3.8) is 0 Å². The molecule has 192 valence electrons. The van der Waals surface area contributed by atoms with Crippen LogP contribution in [0.15, 0.2) is 51.8 Å². The molecular formula is C24H27FN4O6S. The maximum atomic E-state index is 13.2. The van der Waals surface area contributed by atoms with Crippen molar-refractivity contribution in [2.24, 2.45) is 5.92 Å². The molecule has 0 spiro atoms. The van der Waals surface area contributed by atoms with E-state index in [1.165, 1.54) is 16.4 Å². The van der Waals surface area contributed by atoms with Crippen LogP contribution in [-0.4, -0.2) is 55.1 Å². The summed E-state index contributed by atoms with van der Waals surface area (Å²) >= 11 is 0. The lowest BCUT2D eigenvalue weighted by Gasteiger charge is -2.30. The smallest absolute Gasteiger partial charge is 0.322 e. The van der Waals surface area contributed by atoms with Crippen LogP contribution in [0, 0.1) is 11.7 Å². The lowest BCUT2D eigenvalue weighted by atomic mass is 9.99. The fraction of sp³-hybridized carbons (Fsp3) is 0.375. The van der Waals surface area contributed by atoms with Crippen LogP contribution in [0.5, 0.6) is 11.5 Å². The van der Waals surface area contributed by atoms with Gasteiger partial charge in [0, 0.05) is 18.7 Å². The fourth-order valence-corrected chi connectivity index (χ4v) is 5.44. The van der Waals surface area contributed by atoms with Gasteiger partial charge in [-0.25, -0.2) is 12.8 Å². The number of nitrogens with one attached hydrogen (secondary N) is 1.